The van der Waals surface area contributed by atoms with E-state index < -0.39 is 0 Å². The first kappa shape index (κ1) is 32.4. The molecule has 55 heavy (non-hydrogen) atoms. The summed E-state index contributed by atoms with van der Waals surface area (Å²) in [5, 5.41) is 7.45. The first-order valence-electron chi connectivity index (χ1n) is 18.9. The number of nitrogens with zero attached hydrogens (tertiary/aromatic N) is 1. The fourth-order valence-corrected chi connectivity index (χ4v) is 8.30. The van der Waals surface area contributed by atoms with Crippen molar-refractivity contribution in [1.82, 2.24) is 0 Å². The van der Waals surface area contributed by atoms with Crippen LogP contribution < -0.4 is 4.90 Å². The van der Waals surface area contributed by atoms with Gasteiger partial charge in [-0.1, -0.05) is 188 Å². The van der Waals surface area contributed by atoms with Crippen molar-refractivity contribution in [1.29, 1.82) is 0 Å². The molecular weight excluding hydrogens is 663 g/mol. The maximum atomic E-state index is 2.39. The van der Waals surface area contributed by atoms with Crippen LogP contribution in [-0.4, -0.2) is 0 Å². The van der Waals surface area contributed by atoms with Gasteiger partial charge in [-0.3, -0.25) is 0 Å². The van der Waals surface area contributed by atoms with Gasteiger partial charge in [-0.15, -0.1) is 0 Å². The molecule has 0 aliphatic carbocycles. The minimum absolute atomic E-state index is 1.10. The largest absolute Gasteiger partial charge is 0.310 e. The Kier molecular flexibility index (Phi) is 8.24. The van der Waals surface area contributed by atoms with Crippen LogP contribution in [0, 0.1) is 0 Å². The summed E-state index contributed by atoms with van der Waals surface area (Å²) in [6, 6.07) is 81.4. The average molecular weight is 700 g/mol. The second-order valence-electron chi connectivity index (χ2n) is 14.1. The summed E-state index contributed by atoms with van der Waals surface area (Å²) in [4.78, 5) is 2.39. The molecule has 1 nitrogen and oxygen atoms in total. The lowest BCUT2D eigenvalue weighted by Crippen LogP contribution is -2.10. The van der Waals surface area contributed by atoms with Crippen molar-refractivity contribution in [2.75, 3.05) is 4.90 Å². The van der Waals surface area contributed by atoms with Gasteiger partial charge in [0.25, 0.3) is 0 Å². The van der Waals surface area contributed by atoms with Gasteiger partial charge in [0, 0.05) is 17.1 Å². The molecule has 0 aliphatic rings. The summed E-state index contributed by atoms with van der Waals surface area (Å²) in [5.74, 6) is 0. The molecule has 10 rings (SSSR count). The van der Waals surface area contributed by atoms with Crippen molar-refractivity contribution < 1.29 is 0 Å². The van der Waals surface area contributed by atoms with E-state index in [-0.39, 0.29) is 0 Å². The van der Waals surface area contributed by atoms with Gasteiger partial charge >= 0.3 is 0 Å². The Labute approximate surface area is 322 Å². The number of hydrogen-bond donors (Lipinski definition) is 0. The van der Waals surface area contributed by atoms with Gasteiger partial charge < -0.3 is 4.90 Å². The standard InChI is InChI=1S/C54H37N/c1-4-16-38(17-5-1)48-34-35-50(54-49(27-15-29-52(48)54)40-18-6-2-7-19-40)41-30-32-44(33-31-41)55(43-23-8-3-9-24-43)45-36-42-21-11-13-26-47(42)53(37-45)51-28-14-22-39-20-10-12-25-46(39)51/h1-37H. The van der Waals surface area contributed by atoms with E-state index in [1.54, 1.807) is 0 Å². The Morgan fingerprint density at radius 2 is 0.709 bits per heavy atom. The van der Waals surface area contributed by atoms with Gasteiger partial charge in [0.2, 0.25) is 0 Å². The zero-order valence-electron chi connectivity index (χ0n) is 30.3. The van der Waals surface area contributed by atoms with Gasteiger partial charge in [-0.05, 0) is 113 Å². The summed E-state index contributed by atoms with van der Waals surface area (Å²) in [6.45, 7) is 0. The highest BCUT2D eigenvalue weighted by Crippen LogP contribution is 2.44. The van der Waals surface area contributed by atoms with Crippen molar-refractivity contribution in [2.24, 2.45) is 0 Å². The predicted octanol–water partition coefficient (Wildman–Crippen LogP) is 15.3. The van der Waals surface area contributed by atoms with Crippen LogP contribution in [-0.2, 0) is 0 Å². The molecule has 0 atom stereocenters. The monoisotopic (exact) mass is 699 g/mol. The number of rotatable bonds is 7. The summed E-state index contributed by atoms with van der Waals surface area (Å²) in [7, 11) is 0. The molecule has 1 heteroatoms. The van der Waals surface area contributed by atoms with Crippen LogP contribution in [0.2, 0.25) is 0 Å². The SMILES string of the molecule is c1ccc(-c2ccc(-c3ccc(N(c4ccccc4)c4cc(-c5cccc6ccccc56)c5ccccc5c4)cc3)c3c(-c4ccccc4)cccc23)cc1. The Bertz CT molecular complexity index is 2940. The molecule has 0 saturated carbocycles. The summed E-state index contributed by atoms with van der Waals surface area (Å²) < 4.78 is 0. The molecule has 0 spiro atoms. The lowest BCUT2D eigenvalue weighted by atomic mass is 9.87. The lowest BCUT2D eigenvalue weighted by molar-refractivity contribution is 1.29. The van der Waals surface area contributed by atoms with E-state index >= 15 is 0 Å². The zero-order chi connectivity index (χ0) is 36.6. The summed E-state index contributed by atoms with van der Waals surface area (Å²) in [5.41, 5.74) is 13.1. The lowest BCUT2D eigenvalue weighted by Gasteiger charge is -2.27. The molecule has 0 aromatic heterocycles. The predicted molar refractivity (Wildman–Crippen MR) is 235 cm³/mol. The normalized spacial score (nSPS) is 11.3. The number of hydrogen-bond acceptors (Lipinski definition) is 1. The third kappa shape index (κ3) is 5.93. The second kappa shape index (κ2) is 14.0. The maximum absolute atomic E-state index is 2.39. The molecule has 0 unspecified atom stereocenters. The average Bonchev–Trinajstić information content (AvgIpc) is 3.27. The van der Waals surface area contributed by atoms with E-state index in [0.29, 0.717) is 0 Å². The fourth-order valence-electron chi connectivity index (χ4n) is 8.30. The number of benzene rings is 10. The van der Waals surface area contributed by atoms with Crippen LogP contribution in [0.5, 0.6) is 0 Å². The molecule has 0 N–H and O–H groups in total. The first-order valence-corrected chi connectivity index (χ1v) is 18.9. The van der Waals surface area contributed by atoms with Gasteiger partial charge in [-0.25, -0.2) is 0 Å². The summed E-state index contributed by atoms with van der Waals surface area (Å²) >= 11 is 0. The van der Waals surface area contributed by atoms with Crippen molar-refractivity contribution in [3.05, 3.63) is 224 Å². The number of anilines is 3. The third-order valence-electron chi connectivity index (χ3n) is 10.8. The van der Waals surface area contributed by atoms with Crippen LogP contribution in [0.4, 0.5) is 17.1 Å². The minimum atomic E-state index is 1.10. The van der Waals surface area contributed by atoms with E-state index in [1.807, 2.05) is 0 Å². The molecule has 0 bridgehead atoms. The Balaban J connectivity index is 1.15. The highest BCUT2D eigenvalue weighted by Gasteiger charge is 2.19. The molecule has 0 aliphatic heterocycles. The first-order chi connectivity index (χ1) is 27.3. The van der Waals surface area contributed by atoms with E-state index in [0.717, 1.165) is 17.1 Å². The highest BCUT2D eigenvalue weighted by molar-refractivity contribution is 6.12. The molecule has 0 fully saturated rings. The van der Waals surface area contributed by atoms with Crippen LogP contribution in [0.25, 0.3) is 76.8 Å². The van der Waals surface area contributed by atoms with Crippen LogP contribution in [0.1, 0.15) is 0 Å². The van der Waals surface area contributed by atoms with Crippen LogP contribution in [0.15, 0.2) is 224 Å². The highest BCUT2D eigenvalue weighted by atomic mass is 15.1. The molecule has 0 radical (unpaired) electrons. The van der Waals surface area contributed by atoms with Crippen molar-refractivity contribution in [3.63, 3.8) is 0 Å². The van der Waals surface area contributed by atoms with Crippen molar-refractivity contribution in [3.8, 4) is 44.5 Å². The van der Waals surface area contributed by atoms with E-state index in [2.05, 4.69) is 229 Å². The van der Waals surface area contributed by atoms with Gasteiger partial charge in [0.15, 0.2) is 0 Å². The molecular formula is C54H37N. The van der Waals surface area contributed by atoms with Gasteiger partial charge in [-0.2, -0.15) is 0 Å². The van der Waals surface area contributed by atoms with E-state index in [4.69, 9.17) is 0 Å². The number of fused-ring (bicyclic) bond motifs is 3. The molecule has 0 heterocycles. The smallest absolute Gasteiger partial charge is 0.0474 e. The summed E-state index contributed by atoms with van der Waals surface area (Å²) in [6.07, 6.45) is 0. The van der Waals surface area contributed by atoms with Gasteiger partial charge in [0.05, 0.1) is 0 Å². The maximum Gasteiger partial charge on any atom is 0.0474 e. The topological polar surface area (TPSA) is 3.24 Å². The Morgan fingerprint density at radius 1 is 0.236 bits per heavy atom. The molecule has 0 saturated heterocycles. The van der Waals surface area contributed by atoms with Crippen molar-refractivity contribution >= 4 is 49.4 Å². The van der Waals surface area contributed by atoms with Crippen LogP contribution >= 0.6 is 0 Å². The molecule has 0 amide bonds. The number of para-hydroxylation sites is 1. The van der Waals surface area contributed by atoms with Gasteiger partial charge in [0.1, 0.15) is 0 Å². The van der Waals surface area contributed by atoms with E-state index in [9.17, 15) is 0 Å². The third-order valence-corrected chi connectivity index (χ3v) is 10.8. The fraction of sp³-hybridized carbons (Fsp3) is 0. The second-order valence-corrected chi connectivity index (χ2v) is 14.1. The van der Waals surface area contributed by atoms with Crippen LogP contribution in [0.3, 0.4) is 0 Å². The quantitative estimate of drug-likeness (QED) is 0.160. The minimum Gasteiger partial charge on any atom is -0.310 e. The zero-order valence-corrected chi connectivity index (χ0v) is 30.3. The van der Waals surface area contributed by atoms with E-state index in [1.165, 1.54) is 76.8 Å². The molecule has 10 aromatic carbocycles. The molecule has 258 valence electrons. The van der Waals surface area contributed by atoms with Crippen molar-refractivity contribution in [2.45, 2.75) is 0 Å². The molecule has 10 aromatic rings. The Hall–Kier alpha value is -7.22. The Morgan fingerprint density at radius 3 is 1.44 bits per heavy atom.